The van der Waals surface area contributed by atoms with Crippen molar-refractivity contribution in [2.24, 2.45) is 7.05 Å². The van der Waals surface area contributed by atoms with Crippen molar-refractivity contribution in [3.05, 3.63) is 24.5 Å². The van der Waals surface area contributed by atoms with Crippen LogP contribution in [0.1, 0.15) is 24.2 Å². The van der Waals surface area contributed by atoms with E-state index in [9.17, 15) is 0 Å². The molecule has 0 bridgehead atoms. The molecule has 0 amide bonds. The normalized spacial score (nSPS) is 13.5. The zero-order chi connectivity index (χ0) is 8.43. The van der Waals surface area contributed by atoms with E-state index in [0.717, 1.165) is 5.69 Å². The third-order valence-electron chi connectivity index (χ3n) is 1.90. The molecule has 0 spiro atoms. The first-order chi connectivity index (χ1) is 5.15. The maximum atomic E-state index is 4.25. The van der Waals surface area contributed by atoms with Gasteiger partial charge in [0.25, 0.3) is 0 Å². The van der Waals surface area contributed by atoms with E-state index in [2.05, 4.69) is 19.1 Å². The van der Waals surface area contributed by atoms with Crippen molar-refractivity contribution < 1.29 is 5.32 Å². The highest BCUT2D eigenvalue weighted by Gasteiger charge is 2.09. The van der Waals surface area contributed by atoms with Crippen molar-refractivity contribution in [1.82, 2.24) is 9.78 Å². The highest BCUT2D eigenvalue weighted by Crippen LogP contribution is 2.10. The number of aromatic nitrogens is 2. The third-order valence-corrected chi connectivity index (χ3v) is 1.90. The predicted molar refractivity (Wildman–Crippen MR) is 43.6 cm³/mol. The minimum atomic E-state index is 0.406. The van der Waals surface area contributed by atoms with Gasteiger partial charge < -0.3 is 5.32 Å². The van der Waals surface area contributed by atoms with Gasteiger partial charge in [0.1, 0.15) is 0 Å². The average molecular weight is 153 g/mol. The van der Waals surface area contributed by atoms with E-state index in [1.165, 1.54) is 5.56 Å². The number of nitrogens with two attached hydrogens (primary N) is 1. The topological polar surface area (TPSA) is 34.4 Å². The zero-order valence-corrected chi connectivity index (χ0v) is 7.33. The SMILES string of the molecule is [CH2-][NH2+]C(C)c1cn(C)nc1C. The Kier molecular flexibility index (Phi) is 2.29. The Morgan fingerprint density at radius 3 is 2.73 bits per heavy atom. The summed E-state index contributed by atoms with van der Waals surface area (Å²) in [5.74, 6) is 0. The van der Waals surface area contributed by atoms with Crippen molar-refractivity contribution in [3.63, 3.8) is 0 Å². The second-order valence-corrected chi connectivity index (χ2v) is 2.87. The number of nitrogens with zero attached hydrogens (tertiary/aromatic N) is 2. The fraction of sp³-hybridized carbons (Fsp3) is 0.500. The molecule has 1 unspecified atom stereocenters. The van der Waals surface area contributed by atoms with Gasteiger partial charge in [-0.3, -0.25) is 4.68 Å². The molecule has 1 heterocycles. The smallest absolute Gasteiger partial charge is 0.0881 e. The van der Waals surface area contributed by atoms with Gasteiger partial charge in [0, 0.05) is 18.8 Å². The van der Waals surface area contributed by atoms with Crippen LogP contribution in [0, 0.1) is 14.0 Å². The van der Waals surface area contributed by atoms with Crippen LogP contribution in [0.2, 0.25) is 0 Å². The van der Waals surface area contributed by atoms with Gasteiger partial charge in [-0.1, -0.05) is 0 Å². The van der Waals surface area contributed by atoms with Gasteiger partial charge in [0.05, 0.1) is 11.7 Å². The van der Waals surface area contributed by atoms with E-state index in [1.54, 1.807) is 0 Å². The van der Waals surface area contributed by atoms with E-state index in [1.807, 2.05) is 30.2 Å². The van der Waals surface area contributed by atoms with Crippen LogP contribution in [0.4, 0.5) is 0 Å². The van der Waals surface area contributed by atoms with Crippen molar-refractivity contribution in [2.45, 2.75) is 19.9 Å². The second kappa shape index (κ2) is 3.05. The fourth-order valence-corrected chi connectivity index (χ4v) is 1.19. The van der Waals surface area contributed by atoms with Crippen LogP contribution in [0.25, 0.3) is 0 Å². The Balaban J connectivity index is 2.93. The van der Waals surface area contributed by atoms with Crippen molar-refractivity contribution in [2.75, 3.05) is 0 Å². The van der Waals surface area contributed by atoms with Crippen LogP contribution in [-0.2, 0) is 7.05 Å². The summed E-state index contributed by atoms with van der Waals surface area (Å²) in [6, 6.07) is 0.406. The minimum absolute atomic E-state index is 0.406. The largest absolute Gasteiger partial charge is 0.473 e. The molecule has 0 aliphatic heterocycles. The molecule has 0 aromatic carbocycles. The summed E-state index contributed by atoms with van der Waals surface area (Å²) in [7, 11) is 5.69. The summed E-state index contributed by atoms with van der Waals surface area (Å²) >= 11 is 0. The van der Waals surface area contributed by atoms with E-state index in [0.29, 0.717) is 6.04 Å². The Hall–Kier alpha value is -0.830. The summed E-state index contributed by atoms with van der Waals surface area (Å²) in [6.07, 6.45) is 2.04. The van der Waals surface area contributed by atoms with Gasteiger partial charge >= 0.3 is 0 Å². The predicted octanol–water partition coefficient (Wildman–Crippen LogP) is 0.145. The molecule has 11 heavy (non-hydrogen) atoms. The van der Waals surface area contributed by atoms with Crippen LogP contribution >= 0.6 is 0 Å². The first kappa shape index (κ1) is 8.27. The molecule has 1 atom stereocenters. The maximum Gasteiger partial charge on any atom is 0.0881 e. The monoisotopic (exact) mass is 153 g/mol. The van der Waals surface area contributed by atoms with Gasteiger partial charge in [0.15, 0.2) is 0 Å². The fourth-order valence-electron chi connectivity index (χ4n) is 1.19. The van der Waals surface area contributed by atoms with Crippen LogP contribution < -0.4 is 5.32 Å². The Morgan fingerprint density at radius 1 is 1.73 bits per heavy atom. The van der Waals surface area contributed by atoms with Gasteiger partial charge in [-0.25, -0.2) is 0 Å². The number of hydrogen-bond donors (Lipinski definition) is 1. The lowest BCUT2D eigenvalue weighted by Crippen LogP contribution is -2.77. The van der Waals surface area contributed by atoms with E-state index < -0.39 is 0 Å². The van der Waals surface area contributed by atoms with Gasteiger partial charge in [-0.15, -0.1) is 0 Å². The number of quaternary nitrogens is 1. The summed E-state index contributed by atoms with van der Waals surface area (Å²) in [6.45, 7) is 4.15. The summed E-state index contributed by atoms with van der Waals surface area (Å²) in [5.41, 5.74) is 2.36. The van der Waals surface area contributed by atoms with Crippen LogP contribution in [-0.4, -0.2) is 9.78 Å². The number of hydrogen-bond acceptors (Lipinski definition) is 1. The Morgan fingerprint density at radius 2 is 2.36 bits per heavy atom. The first-order valence-electron chi connectivity index (χ1n) is 3.78. The highest BCUT2D eigenvalue weighted by atomic mass is 15.3. The molecule has 1 aromatic rings. The average Bonchev–Trinajstić information content (AvgIpc) is 2.28. The lowest BCUT2D eigenvalue weighted by molar-refractivity contribution is -0.637. The van der Waals surface area contributed by atoms with E-state index in [4.69, 9.17) is 0 Å². The summed E-state index contributed by atoms with van der Waals surface area (Å²) in [4.78, 5) is 0. The van der Waals surface area contributed by atoms with Crippen LogP contribution in [0.5, 0.6) is 0 Å². The molecule has 2 N–H and O–H groups in total. The third kappa shape index (κ3) is 1.60. The molecule has 0 radical (unpaired) electrons. The quantitative estimate of drug-likeness (QED) is 0.603. The number of aryl methyl sites for hydroxylation is 2. The molecule has 0 aliphatic carbocycles. The molecular weight excluding hydrogens is 138 g/mol. The maximum absolute atomic E-state index is 4.25. The van der Waals surface area contributed by atoms with Gasteiger partial charge in [-0.05, 0) is 13.8 Å². The van der Waals surface area contributed by atoms with Crippen LogP contribution in [0.3, 0.4) is 0 Å². The van der Waals surface area contributed by atoms with Gasteiger partial charge in [0.2, 0.25) is 0 Å². The molecule has 0 fully saturated rings. The molecule has 3 nitrogen and oxygen atoms in total. The molecule has 0 saturated heterocycles. The lowest BCUT2D eigenvalue weighted by atomic mass is 10.1. The second-order valence-electron chi connectivity index (χ2n) is 2.87. The molecule has 1 aromatic heterocycles. The highest BCUT2D eigenvalue weighted by molar-refractivity contribution is 5.17. The Labute approximate surface area is 67.4 Å². The first-order valence-corrected chi connectivity index (χ1v) is 3.78. The summed E-state index contributed by atoms with van der Waals surface area (Å²) in [5, 5.41) is 6.18. The molecule has 0 saturated carbocycles. The molecular formula is C8H15N3. The van der Waals surface area contributed by atoms with Crippen molar-refractivity contribution >= 4 is 0 Å². The molecule has 1 rings (SSSR count). The van der Waals surface area contributed by atoms with E-state index in [-0.39, 0.29) is 0 Å². The lowest BCUT2D eigenvalue weighted by Gasteiger charge is -2.08. The molecule has 62 valence electrons. The van der Waals surface area contributed by atoms with Crippen LogP contribution in [0.15, 0.2) is 6.20 Å². The van der Waals surface area contributed by atoms with Crippen molar-refractivity contribution in [3.8, 4) is 0 Å². The standard InChI is InChI=1S/C8H15N3/c1-6(9-3)8-5-11(4)10-7(8)2/h5-6H,3,9H2,1-2,4H3. The van der Waals surface area contributed by atoms with E-state index >= 15 is 0 Å². The van der Waals surface area contributed by atoms with Crippen molar-refractivity contribution in [1.29, 1.82) is 0 Å². The zero-order valence-electron chi connectivity index (χ0n) is 7.33. The van der Waals surface area contributed by atoms with Gasteiger partial charge in [-0.2, -0.15) is 12.1 Å². The molecule has 0 aliphatic rings. The molecule has 3 heteroatoms. The minimum Gasteiger partial charge on any atom is -0.473 e. The number of rotatable bonds is 2. The summed E-state index contributed by atoms with van der Waals surface area (Å²) < 4.78 is 1.84. The Bertz CT molecular complexity index is 239.